The van der Waals surface area contributed by atoms with Crippen LogP contribution in [0, 0.1) is 12.7 Å². The number of hydrogen-bond acceptors (Lipinski definition) is 6. The van der Waals surface area contributed by atoms with Gasteiger partial charge in [-0.3, -0.25) is 9.78 Å². The first-order chi connectivity index (χ1) is 15.5. The third kappa shape index (κ3) is 5.33. The quantitative estimate of drug-likeness (QED) is 0.424. The van der Waals surface area contributed by atoms with Crippen LogP contribution in [0.3, 0.4) is 0 Å². The molecule has 1 amide bonds. The van der Waals surface area contributed by atoms with E-state index in [9.17, 15) is 14.0 Å². The first-order valence-electron chi connectivity index (χ1n) is 9.96. The number of thiazole rings is 1. The molecule has 162 valence electrons. The van der Waals surface area contributed by atoms with Gasteiger partial charge in [0.15, 0.2) is 0 Å². The highest BCUT2D eigenvalue weighted by atomic mass is 32.1. The lowest BCUT2D eigenvalue weighted by Gasteiger charge is -2.07. The zero-order valence-corrected chi connectivity index (χ0v) is 18.1. The molecule has 0 saturated carbocycles. The standard InChI is InChI=1S/C24H20FN3O3S/c1-15-20(9-17-7-8-18(25)10-21(17)27-15)24(30)31-13-19-14-32-23(28-19)11-22(29)26-12-16-5-3-2-4-6-16/h2-10,14H,11-13H2,1H3,(H,26,29). The summed E-state index contributed by atoms with van der Waals surface area (Å²) >= 11 is 1.34. The second-order valence-corrected chi connectivity index (χ2v) is 8.15. The Morgan fingerprint density at radius 2 is 1.91 bits per heavy atom. The smallest absolute Gasteiger partial charge is 0.340 e. The zero-order valence-electron chi connectivity index (χ0n) is 17.3. The van der Waals surface area contributed by atoms with Crippen molar-refractivity contribution in [2.24, 2.45) is 0 Å². The number of carbonyl (C=O) groups is 2. The number of carbonyl (C=O) groups excluding carboxylic acids is 2. The number of amides is 1. The summed E-state index contributed by atoms with van der Waals surface area (Å²) in [5.74, 6) is -1.04. The molecular formula is C24H20FN3O3S. The van der Waals surface area contributed by atoms with E-state index in [2.05, 4.69) is 15.3 Å². The summed E-state index contributed by atoms with van der Waals surface area (Å²) in [6, 6.07) is 15.5. The van der Waals surface area contributed by atoms with Crippen LogP contribution in [-0.4, -0.2) is 21.8 Å². The van der Waals surface area contributed by atoms with Gasteiger partial charge in [-0.05, 0) is 30.7 Å². The minimum Gasteiger partial charge on any atom is -0.455 e. The molecule has 8 heteroatoms. The van der Waals surface area contributed by atoms with E-state index < -0.39 is 5.97 Å². The maximum atomic E-state index is 13.4. The second kappa shape index (κ2) is 9.65. The van der Waals surface area contributed by atoms with Crippen molar-refractivity contribution in [3.05, 3.63) is 93.3 Å². The number of rotatable bonds is 7. The average Bonchev–Trinajstić information content (AvgIpc) is 3.23. The molecule has 0 unspecified atom stereocenters. The summed E-state index contributed by atoms with van der Waals surface area (Å²) in [7, 11) is 0. The lowest BCUT2D eigenvalue weighted by Crippen LogP contribution is -2.24. The van der Waals surface area contributed by atoms with E-state index in [1.54, 1.807) is 24.4 Å². The van der Waals surface area contributed by atoms with Crippen LogP contribution in [0.5, 0.6) is 0 Å². The Morgan fingerprint density at radius 3 is 2.72 bits per heavy atom. The highest BCUT2D eigenvalue weighted by molar-refractivity contribution is 7.09. The number of aromatic nitrogens is 2. The van der Waals surface area contributed by atoms with Gasteiger partial charge in [0.2, 0.25) is 5.91 Å². The Hall–Kier alpha value is -3.65. The van der Waals surface area contributed by atoms with Crippen molar-refractivity contribution in [2.45, 2.75) is 26.5 Å². The Bertz CT molecular complexity index is 1270. The lowest BCUT2D eigenvalue weighted by atomic mass is 10.1. The zero-order chi connectivity index (χ0) is 22.5. The van der Waals surface area contributed by atoms with Crippen LogP contribution in [0.1, 0.15) is 32.3 Å². The molecule has 0 radical (unpaired) electrons. The van der Waals surface area contributed by atoms with Crippen LogP contribution >= 0.6 is 11.3 Å². The van der Waals surface area contributed by atoms with E-state index >= 15 is 0 Å². The van der Waals surface area contributed by atoms with Crippen LogP contribution in [0.4, 0.5) is 4.39 Å². The molecule has 4 aromatic rings. The third-order valence-electron chi connectivity index (χ3n) is 4.78. The molecule has 0 aliphatic heterocycles. The van der Waals surface area contributed by atoms with Gasteiger partial charge in [-0.1, -0.05) is 30.3 Å². The van der Waals surface area contributed by atoms with Gasteiger partial charge in [-0.2, -0.15) is 0 Å². The molecule has 2 heterocycles. The summed E-state index contributed by atoms with van der Waals surface area (Å²) in [4.78, 5) is 33.3. The van der Waals surface area contributed by atoms with Crippen molar-refractivity contribution in [2.75, 3.05) is 0 Å². The van der Waals surface area contributed by atoms with Crippen molar-refractivity contribution < 1.29 is 18.7 Å². The van der Waals surface area contributed by atoms with Crippen molar-refractivity contribution >= 4 is 34.1 Å². The fourth-order valence-electron chi connectivity index (χ4n) is 3.15. The molecule has 6 nitrogen and oxygen atoms in total. The van der Waals surface area contributed by atoms with Gasteiger partial charge < -0.3 is 10.1 Å². The Kier molecular flexibility index (Phi) is 6.51. The lowest BCUT2D eigenvalue weighted by molar-refractivity contribution is -0.120. The molecule has 0 spiro atoms. The number of nitrogens with one attached hydrogen (secondary N) is 1. The topological polar surface area (TPSA) is 81.2 Å². The normalized spacial score (nSPS) is 10.8. The molecule has 0 bridgehead atoms. The Balaban J connectivity index is 1.32. The largest absolute Gasteiger partial charge is 0.455 e. The van der Waals surface area contributed by atoms with E-state index in [0.29, 0.717) is 39.4 Å². The predicted molar refractivity (Wildman–Crippen MR) is 120 cm³/mol. The number of fused-ring (bicyclic) bond motifs is 1. The number of pyridine rings is 1. The van der Waals surface area contributed by atoms with Crippen LogP contribution < -0.4 is 5.32 Å². The van der Waals surface area contributed by atoms with Gasteiger partial charge in [0.05, 0.1) is 28.9 Å². The first kappa shape index (κ1) is 21.6. The van der Waals surface area contributed by atoms with E-state index in [1.165, 1.54) is 23.5 Å². The van der Waals surface area contributed by atoms with Crippen LogP contribution in [0.25, 0.3) is 10.9 Å². The fraction of sp³-hybridized carbons (Fsp3) is 0.167. The molecule has 0 aliphatic rings. The highest BCUT2D eigenvalue weighted by Gasteiger charge is 2.15. The number of benzene rings is 2. The molecule has 2 aromatic heterocycles. The predicted octanol–water partition coefficient (Wildman–Crippen LogP) is 4.35. The molecular weight excluding hydrogens is 429 g/mol. The summed E-state index contributed by atoms with van der Waals surface area (Å²) in [6.07, 6.45) is 0.162. The number of nitrogens with zero attached hydrogens (tertiary/aromatic N) is 2. The van der Waals surface area contributed by atoms with Gasteiger partial charge in [0.25, 0.3) is 0 Å². The van der Waals surface area contributed by atoms with Crippen molar-refractivity contribution in [1.29, 1.82) is 0 Å². The van der Waals surface area contributed by atoms with Gasteiger partial charge in [0.1, 0.15) is 17.4 Å². The van der Waals surface area contributed by atoms with Gasteiger partial charge >= 0.3 is 5.97 Å². The van der Waals surface area contributed by atoms with Crippen LogP contribution in [-0.2, 0) is 29.1 Å². The Labute approximate surface area is 188 Å². The van der Waals surface area contributed by atoms with Gasteiger partial charge in [0, 0.05) is 23.4 Å². The summed E-state index contributed by atoms with van der Waals surface area (Å²) in [5.41, 5.74) is 2.86. The molecule has 2 aromatic carbocycles. The number of esters is 1. The number of aryl methyl sites for hydroxylation is 1. The summed E-state index contributed by atoms with van der Waals surface area (Å²) in [6.45, 7) is 2.12. The number of hydrogen-bond donors (Lipinski definition) is 1. The maximum Gasteiger partial charge on any atom is 0.340 e. The molecule has 0 aliphatic carbocycles. The molecule has 32 heavy (non-hydrogen) atoms. The van der Waals surface area contributed by atoms with E-state index in [0.717, 1.165) is 5.56 Å². The van der Waals surface area contributed by atoms with E-state index in [4.69, 9.17) is 4.74 Å². The molecule has 0 atom stereocenters. The number of ether oxygens (including phenoxy) is 1. The van der Waals surface area contributed by atoms with Gasteiger partial charge in [-0.15, -0.1) is 11.3 Å². The van der Waals surface area contributed by atoms with Crippen molar-refractivity contribution in [1.82, 2.24) is 15.3 Å². The minimum absolute atomic E-state index is 0.0120. The van der Waals surface area contributed by atoms with Crippen LogP contribution in [0.2, 0.25) is 0 Å². The first-order valence-corrected chi connectivity index (χ1v) is 10.8. The number of halogens is 1. The van der Waals surface area contributed by atoms with Gasteiger partial charge in [-0.25, -0.2) is 14.2 Å². The van der Waals surface area contributed by atoms with Crippen molar-refractivity contribution in [3.63, 3.8) is 0 Å². The monoisotopic (exact) mass is 449 g/mol. The molecule has 4 rings (SSSR count). The highest BCUT2D eigenvalue weighted by Crippen LogP contribution is 2.19. The maximum absolute atomic E-state index is 13.4. The van der Waals surface area contributed by atoms with E-state index in [-0.39, 0.29) is 24.8 Å². The molecule has 0 fully saturated rings. The summed E-state index contributed by atoms with van der Waals surface area (Å²) < 4.78 is 18.8. The average molecular weight is 450 g/mol. The SMILES string of the molecule is Cc1nc2cc(F)ccc2cc1C(=O)OCc1csc(CC(=O)NCc2ccccc2)n1. The second-order valence-electron chi connectivity index (χ2n) is 7.21. The van der Waals surface area contributed by atoms with Crippen molar-refractivity contribution in [3.8, 4) is 0 Å². The fourth-order valence-corrected chi connectivity index (χ4v) is 3.93. The minimum atomic E-state index is -0.531. The Morgan fingerprint density at radius 1 is 1.09 bits per heavy atom. The summed E-state index contributed by atoms with van der Waals surface area (Å²) in [5, 5.41) is 5.93. The molecule has 0 saturated heterocycles. The third-order valence-corrected chi connectivity index (χ3v) is 5.68. The van der Waals surface area contributed by atoms with Crippen LogP contribution in [0.15, 0.2) is 60.0 Å². The molecule has 1 N–H and O–H groups in total. The van der Waals surface area contributed by atoms with E-state index in [1.807, 2.05) is 30.3 Å².